The van der Waals surface area contributed by atoms with Gasteiger partial charge in [0.25, 0.3) is 0 Å². The molecule has 0 aromatic carbocycles. The van der Waals surface area contributed by atoms with Crippen LogP contribution >= 0.6 is 12.2 Å². The van der Waals surface area contributed by atoms with Crippen LogP contribution in [-0.2, 0) is 6.54 Å². The Morgan fingerprint density at radius 3 is 2.85 bits per heavy atom. The van der Waals surface area contributed by atoms with Crippen molar-refractivity contribution in [1.82, 2.24) is 15.0 Å². The Morgan fingerprint density at radius 2 is 2.20 bits per heavy atom. The summed E-state index contributed by atoms with van der Waals surface area (Å²) in [7, 11) is 0. The highest BCUT2D eigenvalue weighted by Gasteiger charge is 2.11. The Hall–Kier alpha value is -2.08. The molecule has 0 radical (unpaired) electrons. The summed E-state index contributed by atoms with van der Waals surface area (Å²) < 4.78 is 0. The average Bonchev–Trinajstić information content (AvgIpc) is 2.44. The first-order valence-corrected chi connectivity index (χ1v) is 6.78. The summed E-state index contributed by atoms with van der Waals surface area (Å²) in [5, 5.41) is 0. The summed E-state index contributed by atoms with van der Waals surface area (Å²) >= 11 is 4.95. The van der Waals surface area contributed by atoms with E-state index in [1.54, 1.807) is 12.4 Å². The molecular weight excluding hydrogens is 270 g/mol. The second-order valence-corrected chi connectivity index (χ2v) is 5.02. The van der Waals surface area contributed by atoms with Crippen molar-refractivity contribution >= 4 is 23.2 Å². The van der Waals surface area contributed by atoms with Gasteiger partial charge in [-0.05, 0) is 24.6 Å². The van der Waals surface area contributed by atoms with Crippen LogP contribution in [0.2, 0.25) is 0 Å². The van der Waals surface area contributed by atoms with Crippen molar-refractivity contribution in [2.24, 2.45) is 5.73 Å². The zero-order valence-corrected chi connectivity index (χ0v) is 12.2. The molecule has 0 aliphatic carbocycles. The van der Waals surface area contributed by atoms with Crippen molar-refractivity contribution in [3.8, 4) is 0 Å². The highest BCUT2D eigenvalue weighted by molar-refractivity contribution is 7.80. The molecule has 0 spiro atoms. The lowest BCUT2D eigenvalue weighted by Crippen LogP contribution is -2.28. The second-order valence-electron chi connectivity index (χ2n) is 4.50. The van der Waals surface area contributed by atoms with Crippen LogP contribution in [0.25, 0.3) is 0 Å². The third-order valence-corrected chi connectivity index (χ3v) is 2.99. The molecule has 2 rings (SSSR count). The van der Waals surface area contributed by atoms with Gasteiger partial charge in [0.2, 0.25) is 5.95 Å². The number of aryl methyl sites for hydroxylation is 1. The molecule has 2 aromatic heterocycles. The highest BCUT2D eigenvalue weighted by atomic mass is 32.1. The van der Waals surface area contributed by atoms with E-state index < -0.39 is 0 Å². The summed E-state index contributed by atoms with van der Waals surface area (Å²) in [6.45, 7) is 3.31. The van der Waals surface area contributed by atoms with Crippen molar-refractivity contribution in [1.29, 1.82) is 0 Å². The van der Waals surface area contributed by atoms with Gasteiger partial charge in [0.15, 0.2) is 0 Å². The number of nitrogens with zero attached hydrogens (tertiary/aromatic N) is 4. The largest absolute Gasteiger partial charge is 0.393 e. The number of nitrogens with two attached hydrogens (primary N) is 1. The van der Waals surface area contributed by atoms with E-state index in [0.717, 1.165) is 11.3 Å². The number of aromatic nitrogens is 3. The Kier molecular flexibility index (Phi) is 4.95. The number of rotatable bonds is 6. The van der Waals surface area contributed by atoms with Crippen molar-refractivity contribution in [3.63, 3.8) is 0 Å². The van der Waals surface area contributed by atoms with Gasteiger partial charge in [0, 0.05) is 43.8 Å². The normalized spacial score (nSPS) is 10.2. The van der Waals surface area contributed by atoms with Gasteiger partial charge in [-0.2, -0.15) is 0 Å². The summed E-state index contributed by atoms with van der Waals surface area (Å²) in [4.78, 5) is 15.5. The fraction of sp³-hybridized carbons (Fsp3) is 0.286. The molecule has 0 amide bonds. The van der Waals surface area contributed by atoms with Crippen LogP contribution in [0.15, 0.2) is 36.8 Å². The number of thiocarbonyl (C=S) groups is 1. The van der Waals surface area contributed by atoms with E-state index in [4.69, 9.17) is 18.0 Å². The molecule has 0 saturated heterocycles. The third-order valence-electron chi connectivity index (χ3n) is 2.79. The highest BCUT2D eigenvalue weighted by Crippen LogP contribution is 2.12. The number of hydrogen-bond donors (Lipinski definition) is 1. The van der Waals surface area contributed by atoms with E-state index in [9.17, 15) is 0 Å². The molecule has 5 nitrogen and oxygen atoms in total. The minimum absolute atomic E-state index is 0.494. The standard InChI is InChI=1S/C14H17N5S/c1-11-4-7-17-14(18-11)19(8-5-13(15)20)10-12-3-2-6-16-9-12/h2-4,6-7,9H,5,8,10H2,1H3,(H2,15,20). The lowest BCUT2D eigenvalue weighted by molar-refractivity contribution is 0.765. The molecule has 0 atom stereocenters. The first-order chi connectivity index (χ1) is 9.65. The molecule has 0 fully saturated rings. The molecule has 2 aromatic rings. The molecule has 0 unspecified atom stereocenters. The van der Waals surface area contributed by atoms with Gasteiger partial charge in [-0.3, -0.25) is 4.98 Å². The predicted octanol–water partition coefficient (Wildman–Crippen LogP) is 1.86. The average molecular weight is 287 g/mol. The lowest BCUT2D eigenvalue weighted by atomic mass is 10.2. The van der Waals surface area contributed by atoms with Gasteiger partial charge in [-0.15, -0.1) is 0 Å². The molecule has 0 aliphatic heterocycles. The smallest absolute Gasteiger partial charge is 0.225 e. The fourth-order valence-corrected chi connectivity index (χ4v) is 1.89. The predicted molar refractivity (Wildman–Crippen MR) is 83.5 cm³/mol. The number of hydrogen-bond acceptors (Lipinski definition) is 5. The van der Waals surface area contributed by atoms with Crippen LogP contribution in [0.3, 0.4) is 0 Å². The summed E-state index contributed by atoms with van der Waals surface area (Å²) in [5.74, 6) is 0.685. The number of anilines is 1. The number of pyridine rings is 1. The maximum atomic E-state index is 5.59. The molecule has 0 bridgehead atoms. The Balaban J connectivity index is 2.18. The van der Waals surface area contributed by atoms with E-state index in [2.05, 4.69) is 19.9 Å². The lowest BCUT2D eigenvalue weighted by Gasteiger charge is -2.22. The van der Waals surface area contributed by atoms with Crippen molar-refractivity contribution < 1.29 is 0 Å². The van der Waals surface area contributed by atoms with Crippen molar-refractivity contribution in [2.75, 3.05) is 11.4 Å². The van der Waals surface area contributed by atoms with E-state index in [1.807, 2.05) is 31.3 Å². The maximum Gasteiger partial charge on any atom is 0.225 e. The van der Waals surface area contributed by atoms with E-state index in [1.165, 1.54) is 0 Å². The third kappa shape index (κ3) is 4.24. The molecule has 2 N–H and O–H groups in total. The Labute approximate surface area is 123 Å². The van der Waals surface area contributed by atoms with Crippen molar-refractivity contribution in [2.45, 2.75) is 19.9 Å². The van der Waals surface area contributed by atoms with E-state index >= 15 is 0 Å². The topological polar surface area (TPSA) is 67.9 Å². The molecule has 6 heteroatoms. The first-order valence-electron chi connectivity index (χ1n) is 6.37. The van der Waals surface area contributed by atoms with Crippen molar-refractivity contribution in [3.05, 3.63) is 48.0 Å². The fourth-order valence-electron chi connectivity index (χ4n) is 1.79. The van der Waals surface area contributed by atoms with Crippen LogP contribution in [0, 0.1) is 6.92 Å². The van der Waals surface area contributed by atoms with E-state index in [-0.39, 0.29) is 0 Å². The Morgan fingerprint density at radius 1 is 1.35 bits per heavy atom. The van der Waals surface area contributed by atoms with Crippen LogP contribution in [0.4, 0.5) is 5.95 Å². The molecule has 2 heterocycles. The molecule has 0 aliphatic rings. The summed E-state index contributed by atoms with van der Waals surface area (Å²) in [6, 6.07) is 5.81. The van der Waals surface area contributed by atoms with Gasteiger partial charge in [0.1, 0.15) is 0 Å². The summed E-state index contributed by atoms with van der Waals surface area (Å²) in [5.41, 5.74) is 7.62. The quantitative estimate of drug-likeness (QED) is 0.818. The maximum absolute atomic E-state index is 5.59. The monoisotopic (exact) mass is 287 g/mol. The minimum Gasteiger partial charge on any atom is -0.393 e. The zero-order valence-electron chi connectivity index (χ0n) is 11.4. The van der Waals surface area contributed by atoms with Gasteiger partial charge in [-0.1, -0.05) is 18.3 Å². The molecular formula is C14H17N5S. The van der Waals surface area contributed by atoms with Gasteiger partial charge < -0.3 is 10.6 Å². The van der Waals surface area contributed by atoms with Gasteiger partial charge in [-0.25, -0.2) is 9.97 Å². The van der Waals surface area contributed by atoms with Crippen LogP contribution in [-0.4, -0.2) is 26.5 Å². The summed E-state index contributed by atoms with van der Waals surface area (Å²) in [6.07, 6.45) is 5.98. The SMILES string of the molecule is Cc1ccnc(N(CCC(N)=S)Cc2cccnc2)n1. The zero-order chi connectivity index (χ0) is 14.4. The Bertz CT molecular complexity index is 573. The minimum atomic E-state index is 0.494. The van der Waals surface area contributed by atoms with Gasteiger partial charge in [0.05, 0.1) is 4.99 Å². The molecule has 0 saturated carbocycles. The molecule has 104 valence electrons. The molecule has 20 heavy (non-hydrogen) atoms. The van der Waals surface area contributed by atoms with E-state index in [0.29, 0.717) is 30.4 Å². The van der Waals surface area contributed by atoms with Crippen LogP contribution in [0.1, 0.15) is 17.7 Å². The van der Waals surface area contributed by atoms with Crippen LogP contribution in [0.5, 0.6) is 0 Å². The first kappa shape index (κ1) is 14.3. The van der Waals surface area contributed by atoms with Crippen LogP contribution < -0.4 is 10.6 Å². The second kappa shape index (κ2) is 6.91. The van der Waals surface area contributed by atoms with Gasteiger partial charge >= 0.3 is 0 Å².